The van der Waals surface area contributed by atoms with Gasteiger partial charge in [0.2, 0.25) is 0 Å². The lowest BCUT2D eigenvalue weighted by Gasteiger charge is -2.05. The zero-order chi connectivity index (χ0) is 15.0. The molecule has 21 heavy (non-hydrogen) atoms. The molecule has 0 aliphatic heterocycles. The van der Waals surface area contributed by atoms with Crippen molar-refractivity contribution in [1.29, 1.82) is 0 Å². The van der Waals surface area contributed by atoms with E-state index < -0.39 is 0 Å². The Kier molecular flexibility index (Phi) is 3.17. The summed E-state index contributed by atoms with van der Waals surface area (Å²) in [5.74, 6) is 0.311. The molecule has 0 aliphatic rings. The molecule has 0 saturated heterocycles. The van der Waals surface area contributed by atoms with E-state index in [2.05, 4.69) is 10.3 Å². The fourth-order valence-electron chi connectivity index (χ4n) is 2.20. The van der Waals surface area contributed by atoms with Gasteiger partial charge in [0.15, 0.2) is 0 Å². The van der Waals surface area contributed by atoms with Crippen LogP contribution < -0.4 is 5.32 Å². The van der Waals surface area contributed by atoms with Gasteiger partial charge in [0.25, 0.3) is 5.91 Å². The number of halogens is 1. The molecule has 0 spiro atoms. The molecule has 0 bridgehead atoms. The fraction of sp³-hybridized carbons (Fsp3) is 0.125. The number of anilines is 1. The highest BCUT2D eigenvalue weighted by atomic mass is 19.1. The summed E-state index contributed by atoms with van der Waals surface area (Å²) in [5, 5.41) is 2.73. The minimum Gasteiger partial charge on any atom is -0.331 e. The van der Waals surface area contributed by atoms with Crippen LogP contribution in [0.3, 0.4) is 0 Å². The Labute approximate surface area is 121 Å². The van der Waals surface area contributed by atoms with Gasteiger partial charge in [-0.1, -0.05) is 0 Å². The van der Waals surface area contributed by atoms with E-state index in [9.17, 15) is 9.18 Å². The number of amides is 1. The Balaban J connectivity index is 1.89. The Morgan fingerprint density at radius 1 is 1.19 bits per heavy atom. The van der Waals surface area contributed by atoms with Crippen molar-refractivity contribution in [3.63, 3.8) is 0 Å². The van der Waals surface area contributed by atoms with E-state index in [-0.39, 0.29) is 11.7 Å². The summed E-state index contributed by atoms with van der Waals surface area (Å²) in [6.45, 7) is 1.91. The zero-order valence-electron chi connectivity index (χ0n) is 11.7. The quantitative estimate of drug-likeness (QED) is 0.784. The second-order valence-corrected chi connectivity index (χ2v) is 4.88. The van der Waals surface area contributed by atoms with Crippen molar-refractivity contribution >= 4 is 22.6 Å². The Morgan fingerprint density at radius 3 is 2.62 bits per heavy atom. The number of carbonyl (C=O) groups excluding carboxylic acids is 1. The monoisotopic (exact) mass is 283 g/mol. The lowest BCUT2D eigenvalue weighted by atomic mass is 10.2. The van der Waals surface area contributed by atoms with Gasteiger partial charge in [0.1, 0.15) is 11.6 Å². The predicted molar refractivity (Wildman–Crippen MR) is 79.8 cm³/mol. The first-order valence-corrected chi connectivity index (χ1v) is 6.54. The van der Waals surface area contributed by atoms with Crippen LogP contribution in [0.2, 0.25) is 0 Å². The second-order valence-electron chi connectivity index (χ2n) is 4.88. The highest BCUT2D eigenvalue weighted by Crippen LogP contribution is 2.17. The third-order valence-corrected chi connectivity index (χ3v) is 3.47. The Morgan fingerprint density at radius 2 is 1.90 bits per heavy atom. The number of rotatable bonds is 2. The molecule has 0 aliphatic carbocycles. The Hall–Kier alpha value is -2.69. The number of hydrogen-bond acceptors (Lipinski definition) is 2. The molecule has 0 atom stereocenters. The molecule has 1 amide bonds. The first-order chi connectivity index (χ1) is 10.0. The third kappa shape index (κ3) is 2.50. The number of imidazole rings is 1. The molecular weight excluding hydrogens is 269 g/mol. The second kappa shape index (κ2) is 5.01. The summed E-state index contributed by atoms with van der Waals surface area (Å²) >= 11 is 0. The fourth-order valence-corrected chi connectivity index (χ4v) is 2.20. The third-order valence-electron chi connectivity index (χ3n) is 3.47. The van der Waals surface area contributed by atoms with Crippen LogP contribution in [0.4, 0.5) is 10.1 Å². The standard InChI is InChI=1S/C16H14FN3O/c1-10-18-14-9-11(3-8-15(14)20(10)2)16(21)19-13-6-4-12(17)5-7-13/h3-9H,1-2H3,(H,19,21). The molecule has 0 unspecified atom stereocenters. The number of aryl methyl sites for hydroxylation is 2. The minimum absolute atomic E-state index is 0.244. The van der Waals surface area contributed by atoms with Crippen LogP contribution in [0.25, 0.3) is 11.0 Å². The number of hydrogen-bond donors (Lipinski definition) is 1. The van der Waals surface area contributed by atoms with Crippen molar-refractivity contribution in [3.8, 4) is 0 Å². The molecule has 5 heteroatoms. The summed E-state index contributed by atoms with van der Waals surface area (Å²) in [5.41, 5.74) is 2.83. The Bertz CT molecular complexity index is 821. The summed E-state index contributed by atoms with van der Waals surface area (Å²) in [4.78, 5) is 16.6. The number of carbonyl (C=O) groups is 1. The summed E-state index contributed by atoms with van der Waals surface area (Å²) in [7, 11) is 1.93. The summed E-state index contributed by atoms with van der Waals surface area (Å²) in [6.07, 6.45) is 0. The van der Waals surface area contributed by atoms with Gasteiger partial charge < -0.3 is 9.88 Å². The van der Waals surface area contributed by atoms with E-state index in [0.717, 1.165) is 16.9 Å². The minimum atomic E-state index is -0.335. The first-order valence-electron chi connectivity index (χ1n) is 6.54. The normalized spacial score (nSPS) is 10.8. The molecule has 3 aromatic rings. The highest BCUT2D eigenvalue weighted by Gasteiger charge is 2.10. The van der Waals surface area contributed by atoms with E-state index in [0.29, 0.717) is 11.3 Å². The SMILES string of the molecule is Cc1nc2cc(C(=O)Nc3ccc(F)cc3)ccc2n1C. The van der Waals surface area contributed by atoms with Crippen LogP contribution in [-0.2, 0) is 7.05 Å². The molecule has 1 heterocycles. The van der Waals surface area contributed by atoms with Crippen LogP contribution >= 0.6 is 0 Å². The predicted octanol–water partition coefficient (Wildman–Crippen LogP) is 3.27. The van der Waals surface area contributed by atoms with Gasteiger partial charge in [-0.05, 0) is 49.4 Å². The van der Waals surface area contributed by atoms with E-state index in [1.807, 2.05) is 24.6 Å². The molecular formula is C16H14FN3O. The molecule has 0 radical (unpaired) electrons. The van der Waals surface area contributed by atoms with Crippen LogP contribution in [-0.4, -0.2) is 15.5 Å². The van der Waals surface area contributed by atoms with Crippen molar-refractivity contribution < 1.29 is 9.18 Å². The maximum Gasteiger partial charge on any atom is 0.255 e. The number of aromatic nitrogens is 2. The number of fused-ring (bicyclic) bond motifs is 1. The van der Waals surface area contributed by atoms with Crippen molar-refractivity contribution in [2.75, 3.05) is 5.32 Å². The van der Waals surface area contributed by atoms with Gasteiger partial charge in [0, 0.05) is 18.3 Å². The van der Waals surface area contributed by atoms with E-state index in [1.165, 1.54) is 24.3 Å². The molecule has 1 aromatic heterocycles. The van der Waals surface area contributed by atoms with E-state index >= 15 is 0 Å². The van der Waals surface area contributed by atoms with Crippen molar-refractivity contribution in [3.05, 3.63) is 59.7 Å². The van der Waals surface area contributed by atoms with Crippen LogP contribution in [0.15, 0.2) is 42.5 Å². The lowest BCUT2D eigenvalue weighted by Crippen LogP contribution is -2.11. The van der Waals surface area contributed by atoms with Gasteiger partial charge in [-0.2, -0.15) is 0 Å². The van der Waals surface area contributed by atoms with Crippen LogP contribution in [0.1, 0.15) is 16.2 Å². The van der Waals surface area contributed by atoms with Crippen LogP contribution in [0.5, 0.6) is 0 Å². The average Bonchev–Trinajstić information content (AvgIpc) is 2.76. The molecule has 1 N–H and O–H groups in total. The average molecular weight is 283 g/mol. The van der Waals surface area contributed by atoms with Gasteiger partial charge in [-0.3, -0.25) is 4.79 Å². The highest BCUT2D eigenvalue weighted by molar-refractivity contribution is 6.05. The smallest absolute Gasteiger partial charge is 0.255 e. The molecule has 106 valence electrons. The van der Waals surface area contributed by atoms with E-state index in [4.69, 9.17) is 0 Å². The van der Waals surface area contributed by atoms with Crippen molar-refractivity contribution in [2.45, 2.75) is 6.92 Å². The molecule has 0 fully saturated rings. The number of benzene rings is 2. The van der Waals surface area contributed by atoms with Crippen LogP contribution in [0, 0.1) is 12.7 Å². The molecule has 4 nitrogen and oxygen atoms in total. The molecule has 0 saturated carbocycles. The first kappa shape index (κ1) is 13.3. The maximum absolute atomic E-state index is 12.8. The number of nitrogens with zero attached hydrogens (tertiary/aromatic N) is 2. The lowest BCUT2D eigenvalue weighted by molar-refractivity contribution is 0.102. The van der Waals surface area contributed by atoms with E-state index in [1.54, 1.807) is 12.1 Å². The maximum atomic E-state index is 12.8. The van der Waals surface area contributed by atoms with Gasteiger partial charge in [0.05, 0.1) is 11.0 Å². The zero-order valence-corrected chi connectivity index (χ0v) is 11.7. The summed E-state index contributed by atoms with van der Waals surface area (Å²) < 4.78 is 14.8. The van der Waals surface area contributed by atoms with Gasteiger partial charge in [-0.25, -0.2) is 9.37 Å². The topological polar surface area (TPSA) is 46.9 Å². The van der Waals surface area contributed by atoms with Gasteiger partial charge in [-0.15, -0.1) is 0 Å². The largest absolute Gasteiger partial charge is 0.331 e. The van der Waals surface area contributed by atoms with Crippen molar-refractivity contribution in [2.24, 2.45) is 7.05 Å². The number of nitrogens with one attached hydrogen (secondary N) is 1. The molecule has 3 rings (SSSR count). The van der Waals surface area contributed by atoms with Crippen molar-refractivity contribution in [1.82, 2.24) is 9.55 Å². The molecule has 2 aromatic carbocycles. The summed E-state index contributed by atoms with van der Waals surface area (Å²) in [6, 6.07) is 11.0. The van der Waals surface area contributed by atoms with Gasteiger partial charge >= 0.3 is 0 Å².